The molecule has 0 spiro atoms. The van der Waals surface area contributed by atoms with E-state index in [9.17, 15) is 18.0 Å². The molecule has 9 heavy (non-hydrogen) atoms. The van der Waals surface area contributed by atoms with Crippen LogP contribution in [0.5, 0.6) is 0 Å². The first-order chi connectivity index (χ1) is 4.09. The predicted molar refractivity (Wildman–Crippen MR) is 22.4 cm³/mol. The first-order valence-corrected chi connectivity index (χ1v) is 1.88. The van der Waals surface area contributed by atoms with Gasteiger partial charge in [-0.2, -0.15) is 13.2 Å². The third-order valence-corrected chi connectivity index (χ3v) is 0.524. The van der Waals surface area contributed by atoms with Gasteiger partial charge in [-0.15, -0.1) is 0 Å². The summed E-state index contributed by atoms with van der Waals surface area (Å²) in [7, 11) is 0.776. The molecule has 0 unspecified atom stereocenters. The van der Waals surface area contributed by atoms with Crippen molar-refractivity contribution in [2.45, 2.75) is 0 Å². The smallest absolute Gasteiger partial charge is 0.366 e. The molecule has 52 valence electrons. The summed E-state index contributed by atoms with van der Waals surface area (Å²) < 4.78 is 37.9. The minimum absolute atomic E-state index is 0.776. The summed E-state index contributed by atoms with van der Waals surface area (Å²) in [5.41, 5.74) is 0. The maximum absolute atomic E-state index is 11.6. The number of carbonyl (C=O) groups is 1. The fourth-order valence-electron chi connectivity index (χ4n) is 0.167. The van der Waals surface area contributed by atoms with Crippen molar-refractivity contribution in [3.8, 4) is 0 Å². The standard InChI is InChI=1S/C4H3F3O2/c1-9-4(7)2(5)3(6)8/h1H3/b4-2-. The monoisotopic (exact) mass is 140 g/mol. The zero-order chi connectivity index (χ0) is 7.44. The molecule has 0 saturated carbocycles. The molecule has 0 N–H and O–H groups in total. The van der Waals surface area contributed by atoms with Gasteiger partial charge in [-0.25, -0.2) is 0 Å². The topological polar surface area (TPSA) is 26.3 Å². The highest BCUT2D eigenvalue weighted by molar-refractivity contribution is 5.84. The number of halogens is 3. The molecule has 0 aromatic heterocycles. The number of methoxy groups -OCH3 is 1. The average Bonchev–Trinajstić information content (AvgIpc) is 1.84. The van der Waals surface area contributed by atoms with Crippen molar-refractivity contribution < 1.29 is 22.7 Å². The van der Waals surface area contributed by atoms with Crippen molar-refractivity contribution in [3.63, 3.8) is 0 Å². The minimum atomic E-state index is -2.48. The molecule has 0 amide bonds. The van der Waals surface area contributed by atoms with Crippen LogP contribution in [0.2, 0.25) is 0 Å². The van der Waals surface area contributed by atoms with Gasteiger partial charge in [-0.05, 0) is 0 Å². The number of ether oxygens (including phenoxy) is 1. The molecule has 0 fully saturated rings. The summed E-state index contributed by atoms with van der Waals surface area (Å²) in [5.74, 6) is -2.14. The molecular weight excluding hydrogens is 137 g/mol. The van der Waals surface area contributed by atoms with Crippen LogP contribution >= 0.6 is 0 Å². The molecule has 5 heteroatoms. The minimum Gasteiger partial charge on any atom is -0.472 e. The Balaban J connectivity index is 4.28. The van der Waals surface area contributed by atoms with Crippen molar-refractivity contribution in [1.29, 1.82) is 0 Å². The molecule has 0 aromatic carbocycles. The van der Waals surface area contributed by atoms with Gasteiger partial charge < -0.3 is 4.74 Å². The lowest BCUT2D eigenvalue weighted by Crippen LogP contribution is -1.92. The van der Waals surface area contributed by atoms with Gasteiger partial charge in [0.1, 0.15) is 0 Å². The van der Waals surface area contributed by atoms with Gasteiger partial charge >= 0.3 is 12.0 Å². The Morgan fingerprint density at radius 2 is 1.78 bits per heavy atom. The third kappa shape index (κ3) is 2.16. The fraction of sp³-hybridized carbons (Fsp3) is 0.250. The lowest BCUT2D eigenvalue weighted by molar-refractivity contribution is -0.127. The second-order valence-corrected chi connectivity index (χ2v) is 1.07. The molecule has 0 aliphatic rings. The first kappa shape index (κ1) is 8.00. The summed E-state index contributed by atoms with van der Waals surface area (Å²) in [6.07, 6.45) is 0. The SMILES string of the molecule is CO/C(F)=C(\F)C(=O)F. The van der Waals surface area contributed by atoms with Crippen molar-refractivity contribution >= 4 is 6.04 Å². The van der Waals surface area contributed by atoms with E-state index in [1.165, 1.54) is 0 Å². The van der Waals surface area contributed by atoms with Gasteiger partial charge in [0.05, 0.1) is 7.11 Å². The van der Waals surface area contributed by atoms with Crippen molar-refractivity contribution in [2.75, 3.05) is 7.11 Å². The molecule has 0 aromatic rings. The highest BCUT2D eigenvalue weighted by Crippen LogP contribution is 2.09. The number of allylic oxidation sites excluding steroid dienone is 1. The maximum Gasteiger partial charge on any atom is 0.366 e. The van der Waals surface area contributed by atoms with E-state index in [1.807, 2.05) is 0 Å². The molecular formula is C4H3F3O2. The number of carbonyl (C=O) groups excluding carboxylic acids is 1. The Hall–Kier alpha value is -1.00. The summed E-state index contributed by atoms with van der Waals surface area (Å²) in [6.45, 7) is 0. The number of rotatable bonds is 2. The highest BCUT2D eigenvalue weighted by Gasteiger charge is 2.14. The largest absolute Gasteiger partial charge is 0.472 e. The van der Waals surface area contributed by atoms with E-state index in [4.69, 9.17) is 0 Å². The van der Waals surface area contributed by atoms with Crippen LogP contribution in [0.3, 0.4) is 0 Å². The summed E-state index contributed by atoms with van der Waals surface area (Å²) >= 11 is 0. The van der Waals surface area contributed by atoms with E-state index in [-0.39, 0.29) is 0 Å². The first-order valence-electron chi connectivity index (χ1n) is 1.88. The molecule has 0 bridgehead atoms. The zero-order valence-electron chi connectivity index (χ0n) is 4.45. The van der Waals surface area contributed by atoms with E-state index in [0.717, 1.165) is 7.11 Å². The van der Waals surface area contributed by atoms with Crippen LogP contribution in [-0.4, -0.2) is 13.1 Å². The van der Waals surface area contributed by atoms with Gasteiger partial charge in [0.15, 0.2) is 0 Å². The summed E-state index contributed by atoms with van der Waals surface area (Å²) in [5, 5.41) is 0. The van der Waals surface area contributed by atoms with Crippen LogP contribution in [0.1, 0.15) is 0 Å². The van der Waals surface area contributed by atoms with Gasteiger partial charge in [-0.1, -0.05) is 0 Å². The second kappa shape index (κ2) is 3.11. The summed E-state index contributed by atoms with van der Waals surface area (Å²) in [6, 6.07) is -4.32. The molecule has 2 nitrogen and oxygen atoms in total. The van der Waals surface area contributed by atoms with Gasteiger partial charge in [0.2, 0.25) is 0 Å². The van der Waals surface area contributed by atoms with Crippen LogP contribution in [-0.2, 0) is 9.53 Å². The van der Waals surface area contributed by atoms with Gasteiger partial charge in [0, 0.05) is 0 Å². The van der Waals surface area contributed by atoms with Crippen molar-refractivity contribution in [3.05, 3.63) is 11.8 Å². The van der Waals surface area contributed by atoms with Crippen LogP contribution in [0.25, 0.3) is 0 Å². The molecule has 0 heterocycles. The quantitative estimate of drug-likeness (QED) is 0.327. The average molecular weight is 140 g/mol. The molecule has 0 aliphatic heterocycles. The molecule has 0 atom stereocenters. The van der Waals surface area contributed by atoms with Crippen LogP contribution in [0.15, 0.2) is 11.8 Å². The maximum atomic E-state index is 11.6. The highest BCUT2D eigenvalue weighted by atomic mass is 19.2. The van der Waals surface area contributed by atoms with Crippen LogP contribution in [0, 0.1) is 0 Å². The lowest BCUT2D eigenvalue weighted by atomic mass is 10.6. The zero-order valence-corrected chi connectivity index (χ0v) is 4.45. The van der Waals surface area contributed by atoms with Crippen molar-refractivity contribution in [2.24, 2.45) is 0 Å². The molecule has 0 rings (SSSR count). The van der Waals surface area contributed by atoms with E-state index in [1.54, 1.807) is 0 Å². The fourth-order valence-corrected chi connectivity index (χ4v) is 0.167. The third-order valence-electron chi connectivity index (χ3n) is 0.524. The second-order valence-electron chi connectivity index (χ2n) is 1.07. The van der Waals surface area contributed by atoms with Crippen LogP contribution < -0.4 is 0 Å². The van der Waals surface area contributed by atoms with Crippen molar-refractivity contribution in [1.82, 2.24) is 0 Å². The Morgan fingerprint density at radius 3 is 1.89 bits per heavy atom. The molecule has 0 saturated heterocycles. The van der Waals surface area contributed by atoms with E-state index in [0.29, 0.717) is 0 Å². The van der Waals surface area contributed by atoms with E-state index < -0.39 is 17.9 Å². The van der Waals surface area contributed by atoms with Crippen LogP contribution in [0.4, 0.5) is 13.2 Å². The Kier molecular flexibility index (Phi) is 2.77. The predicted octanol–water partition coefficient (Wildman–Crippen LogP) is 1.24. The molecule has 0 aliphatic carbocycles. The van der Waals surface area contributed by atoms with Gasteiger partial charge in [-0.3, -0.25) is 4.79 Å². The van der Waals surface area contributed by atoms with Gasteiger partial charge in [0.25, 0.3) is 5.83 Å². The van der Waals surface area contributed by atoms with E-state index >= 15 is 0 Å². The lowest BCUT2D eigenvalue weighted by Gasteiger charge is -1.90. The van der Waals surface area contributed by atoms with E-state index in [2.05, 4.69) is 4.74 Å². The Morgan fingerprint density at radius 1 is 1.33 bits per heavy atom. The Bertz CT molecular complexity index is 152. The molecule has 0 radical (unpaired) electrons. The Labute approximate surface area is 48.9 Å². The summed E-state index contributed by atoms with van der Waals surface area (Å²) in [4.78, 5) is 9.32. The normalized spacial score (nSPS) is 12.4. The number of hydrogen-bond acceptors (Lipinski definition) is 2. The number of hydrogen-bond donors (Lipinski definition) is 0.